The molecule has 3 rings (SSSR count). The Bertz CT molecular complexity index is 760. The predicted octanol–water partition coefficient (Wildman–Crippen LogP) is 4.53. The molecule has 21 heavy (non-hydrogen) atoms. The average Bonchev–Trinajstić information content (AvgIpc) is 3.00. The molecule has 2 aromatic heterocycles. The van der Waals surface area contributed by atoms with Crippen LogP contribution in [-0.4, -0.2) is 9.55 Å². The van der Waals surface area contributed by atoms with E-state index < -0.39 is 0 Å². The molecule has 0 saturated heterocycles. The van der Waals surface area contributed by atoms with Crippen LogP contribution >= 0.6 is 22.9 Å². The first-order valence-electron chi connectivity index (χ1n) is 7.16. The van der Waals surface area contributed by atoms with Crippen LogP contribution in [0.15, 0.2) is 30.3 Å². The summed E-state index contributed by atoms with van der Waals surface area (Å²) in [6.07, 6.45) is 3.05. The lowest BCUT2D eigenvalue weighted by Crippen LogP contribution is -2.05. The van der Waals surface area contributed by atoms with Gasteiger partial charge in [-0.2, -0.15) is 0 Å². The van der Waals surface area contributed by atoms with E-state index in [1.807, 2.05) is 18.2 Å². The standard InChI is InChI=1S/C16H18ClN3S/c1-2-3-16-19-13-10-11(18)4-6-14(13)20(16)9-8-12-5-7-15(17)21-12/h4-7,10H,2-3,8-9,18H2,1H3. The molecule has 0 atom stereocenters. The van der Waals surface area contributed by atoms with Crippen LogP contribution in [0, 0.1) is 0 Å². The number of thiophene rings is 1. The maximum atomic E-state index is 6.00. The molecule has 1 aromatic carbocycles. The second kappa shape index (κ2) is 6.08. The van der Waals surface area contributed by atoms with Crippen molar-refractivity contribution in [3.63, 3.8) is 0 Å². The number of imidazole rings is 1. The van der Waals surface area contributed by atoms with Gasteiger partial charge in [-0.3, -0.25) is 0 Å². The number of nitrogens with two attached hydrogens (primary N) is 1. The highest BCUT2D eigenvalue weighted by molar-refractivity contribution is 7.16. The summed E-state index contributed by atoms with van der Waals surface area (Å²) in [6.45, 7) is 3.10. The number of nitrogens with zero attached hydrogens (tertiary/aromatic N) is 2. The SMILES string of the molecule is CCCc1nc2cc(N)ccc2n1CCc1ccc(Cl)s1. The second-order valence-corrected chi connectivity index (χ2v) is 6.93. The second-order valence-electron chi connectivity index (χ2n) is 5.13. The molecule has 110 valence electrons. The van der Waals surface area contributed by atoms with Crippen molar-refractivity contribution < 1.29 is 0 Å². The lowest BCUT2D eigenvalue weighted by molar-refractivity contribution is 0.662. The molecule has 0 amide bonds. The summed E-state index contributed by atoms with van der Waals surface area (Å²) in [5, 5.41) is 0. The van der Waals surface area contributed by atoms with Crippen LogP contribution in [-0.2, 0) is 19.4 Å². The normalized spacial score (nSPS) is 11.3. The van der Waals surface area contributed by atoms with Gasteiger partial charge in [0.25, 0.3) is 0 Å². The van der Waals surface area contributed by atoms with E-state index in [2.05, 4.69) is 23.6 Å². The quantitative estimate of drug-likeness (QED) is 0.702. The maximum Gasteiger partial charge on any atom is 0.109 e. The van der Waals surface area contributed by atoms with Crippen LogP contribution in [0.5, 0.6) is 0 Å². The molecule has 2 heterocycles. The molecule has 5 heteroatoms. The van der Waals surface area contributed by atoms with E-state index in [4.69, 9.17) is 22.3 Å². The minimum atomic E-state index is 0.764. The van der Waals surface area contributed by atoms with Gasteiger partial charge < -0.3 is 10.3 Å². The molecule has 0 fully saturated rings. The molecule has 2 N–H and O–H groups in total. The average molecular weight is 320 g/mol. The predicted molar refractivity (Wildman–Crippen MR) is 91.2 cm³/mol. The Morgan fingerprint density at radius 3 is 2.81 bits per heavy atom. The Labute approximate surface area is 133 Å². The van der Waals surface area contributed by atoms with E-state index in [-0.39, 0.29) is 0 Å². The van der Waals surface area contributed by atoms with E-state index in [9.17, 15) is 0 Å². The lowest BCUT2D eigenvalue weighted by Gasteiger charge is -2.08. The lowest BCUT2D eigenvalue weighted by atomic mass is 10.2. The van der Waals surface area contributed by atoms with E-state index in [0.717, 1.165) is 52.7 Å². The van der Waals surface area contributed by atoms with Gasteiger partial charge >= 0.3 is 0 Å². The van der Waals surface area contributed by atoms with E-state index in [1.165, 1.54) is 4.88 Å². The van der Waals surface area contributed by atoms with Gasteiger partial charge in [0, 0.05) is 23.5 Å². The van der Waals surface area contributed by atoms with Gasteiger partial charge in [-0.25, -0.2) is 4.98 Å². The van der Waals surface area contributed by atoms with Crippen LogP contribution in [0.2, 0.25) is 4.34 Å². The van der Waals surface area contributed by atoms with Gasteiger partial charge in [-0.05, 0) is 43.2 Å². The number of nitrogen functional groups attached to an aromatic ring is 1. The van der Waals surface area contributed by atoms with Crippen molar-refractivity contribution in [1.29, 1.82) is 0 Å². The summed E-state index contributed by atoms with van der Waals surface area (Å²) in [5.41, 5.74) is 8.78. The zero-order valence-corrected chi connectivity index (χ0v) is 13.5. The Hall–Kier alpha value is -1.52. The summed E-state index contributed by atoms with van der Waals surface area (Å²) in [5.74, 6) is 1.14. The topological polar surface area (TPSA) is 43.8 Å². The maximum absolute atomic E-state index is 6.00. The first-order chi connectivity index (χ1) is 10.2. The molecule has 0 bridgehead atoms. The Kier molecular flexibility index (Phi) is 4.17. The van der Waals surface area contributed by atoms with Gasteiger partial charge in [0.1, 0.15) is 5.82 Å². The van der Waals surface area contributed by atoms with Crippen LogP contribution in [0.3, 0.4) is 0 Å². The van der Waals surface area contributed by atoms with Gasteiger partial charge in [0.2, 0.25) is 0 Å². The Morgan fingerprint density at radius 2 is 2.10 bits per heavy atom. The molecule has 0 aliphatic carbocycles. The molecule has 0 unspecified atom stereocenters. The summed E-state index contributed by atoms with van der Waals surface area (Å²) in [4.78, 5) is 6.05. The molecule has 0 aliphatic heterocycles. The number of hydrogen-bond donors (Lipinski definition) is 1. The summed E-state index contributed by atoms with van der Waals surface area (Å²) < 4.78 is 3.16. The van der Waals surface area contributed by atoms with E-state index in [0.29, 0.717) is 0 Å². The zero-order chi connectivity index (χ0) is 14.8. The molecule has 3 aromatic rings. The highest BCUT2D eigenvalue weighted by Crippen LogP contribution is 2.24. The fourth-order valence-corrected chi connectivity index (χ4v) is 3.65. The number of anilines is 1. The first-order valence-corrected chi connectivity index (χ1v) is 8.35. The van der Waals surface area contributed by atoms with Crippen molar-refractivity contribution in [2.45, 2.75) is 32.7 Å². The number of halogens is 1. The Morgan fingerprint density at radius 1 is 1.24 bits per heavy atom. The van der Waals surface area contributed by atoms with Gasteiger partial charge in [-0.15, -0.1) is 11.3 Å². The zero-order valence-electron chi connectivity index (χ0n) is 12.0. The molecule has 0 spiro atoms. The van der Waals surface area contributed by atoms with Crippen molar-refractivity contribution in [3.05, 3.63) is 45.4 Å². The van der Waals surface area contributed by atoms with Gasteiger partial charge in [0.15, 0.2) is 0 Å². The molecular weight excluding hydrogens is 302 g/mol. The van der Waals surface area contributed by atoms with Crippen molar-refractivity contribution in [2.75, 3.05) is 5.73 Å². The van der Waals surface area contributed by atoms with Crippen molar-refractivity contribution in [3.8, 4) is 0 Å². The number of aromatic nitrogens is 2. The third-order valence-corrected chi connectivity index (χ3v) is 4.83. The summed E-state index contributed by atoms with van der Waals surface area (Å²) in [7, 11) is 0. The van der Waals surface area contributed by atoms with E-state index >= 15 is 0 Å². The van der Waals surface area contributed by atoms with Crippen molar-refractivity contribution in [2.24, 2.45) is 0 Å². The first kappa shape index (κ1) is 14.4. The van der Waals surface area contributed by atoms with Crippen LogP contribution < -0.4 is 5.73 Å². The molecule has 0 radical (unpaired) electrons. The van der Waals surface area contributed by atoms with Crippen LogP contribution in [0.25, 0.3) is 11.0 Å². The molecule has 3 nitrogen and oxygen atoms in total. The highest BCUT2D eigenvalue weighted by atomic mass is 35.5. The van der Waals surface area contributed by atoms with Gasteiger partial charge in [-0.1, -0.05) is 18.5 Å². The monoisotopic (exact) mass is 319 g/mol. The number of hydrogen-bond acceptors (Lipinski definition) is 3. The molecule has 0 aliphatic rings. The van der Waals surface area contributed by atoms with E-state index in [1.54, 1.807) is 11.3 Å². The third-order valence-electron chi connectivity index (χ3n) is 3.54. The minimum absolute atomic E-state index is 0.764. The van der Waals surface area contributed by atoms with Crippen molar-refractivity contribution >= 4 is 39.7 Å². The molecular formula is C16H18ClN3S. The number of aryl methyl sites for hydroxylation is 3. The van der Waals surface area contributed by atoms with Crippen LogP contribution in [0.1, 0.15) is 24.0 Å². The highest BCUT2D eigenvalue weighted by Gasteiger charge is 2.11. The summed E-state index contributed by atoms with van der Waals surface area (Å²) >= 11 is 7.65. The Balaban J connectivity index is 1.92. The third kappa shape index (κ3) is 3.06. The number of rotatable bonds is 5. The molecule has 0 saturated carbocycles. The minimum Gasteiger partial charge on any atom is -0.399 e. The smallest absolute Gasteiger partial charge is 0.109 e. The van der Waals surface area contributed by atoms with Gasteiger partial charge in [0.05, 0.1) is 15.4 Å². The number of benzene rings is 1. The number of fused-ring (bicyclic) bond motifs is 1. The van der Waals surface area contributed by atoms with Crippen LogP contribution in [0.4, 0.5) is 5.69 Å². The van der Waals surface area contributed by atoms with Crippen molar-refractivity contribution in [1.82, 2.24) is 9.55 Å². The summed E-state index contributed by atoms with van der Waals surface area (Å²) in [6, 6.07) is 10.0. The largest absolute Gasteiger partial charge is 0.399 e. The fraction of sp³-hybridized carbons (Fsp3) is 0.312. The fourth-order valence-electron chi connectivity index (χ4n) is 2.57.